The van der Waals surface area contributed by atoms with E-state index in [9.17, 15) is 0 Å². The first-order valence-corrected chi connectivity index (χ1v) is 8.02. The number of nitrogens with two attached hydrogens (primary N) is 1. The van der Waals surface area contributed by atoms with Crippen LogP contribution in [0.2, 0.25) is 0 Å². The first kappa shape index (κ1) is 14.9. The fraction of sp³-hybridized carbons (Fsp3) is 0.600. The second kappa shape index (κ2) is 6.27. The number of aryl methyl sites for hydroxylation is 3. The summed E-state index contributed by atoms with van der Waals surface area (Å²) in [7, 11) is 2.20. The number of nitrogens with zero attached hydrogens (tertiary/aromatic N) is 1. The largest absolute Gasteiger partial charge is 0.300 e. The van der Waals surface area contributed by atoms with Crippen LogP contribution < -0.4 is 11.3 Å². The quantitative estimate of drug-likeness (QED) is 0.657. The molecule has 0 saturated carbocycles. The van der Waals surface area contributed by atoms with Crippen molar-refractivity contribution in [3.63, 3.8) is 0 Å². The second-order valence-corrected chi connectivity index (χ2v) is 6.71. The van der Waals surface area contributed by atoms with Crippen molar-refractivity contribution in [2.24, 2.45) is 5.84 Å². The molecule has 3 N–H and O–H groups in total. The minimum atomic E-state index is 0.206. The number of likely N-dealkylation sites (N-methyl/N-ethyl adjacent to an activating group) is 1. The molecule has 1 aliphatic rings. The lowest BCUT2D eigenvalue weighted by atomic mass is 9.92. The number of nitrogens with one attached hydrogen (secondary N) is 1. The normalized spacial score (nSPS) is 22.5. The van der Waals surface area contributed by atoms with Crippen LogP contribution in [0.1, 0.15) is 28.3 Å². The molecule has 0 aromatic heterocycles. The van der Waals surface area contributed by atoms with E-state index in [0.29, 0.717) is 6.04 Å². The van der Waals surface area contributed by atoms with Crippen molar-refractivity contribution in [2.45, 2.75) is 32.9 Å². The second-order valence-electron chi connectivity index (χ2n) is 5.56. The molecule has 0 bridgehead atoms. The monoisotopic (exact) mass is 279 g/mol. The first-order valence-electron chi connectivity index (χ1n) is 6.86. The fourth-order valence-corrected chi connectivity index (χ4v) is 4.05. The van der Waals surface area contributed by atoms with E-state index in [1.54, 1.807) is 0 Å². The van der Waals surface area contributed by atoms with Crippen LogP contribution in [0.15, 0.2) is 12.1 Å². The van der Waals surface area contributed by atoms with E-state index in [1.165, 1.54) is 28.0 Å². The van der Waals surface area contributed by atoms with Gasteiger partial charge in [-0.1, -0.05) is 12.1 Å². The zero-order valence-corrected chi connectivity index (χ0v) is 13.2. The molecule has 1 heterocycles. The Morgan fingerprint density at radius 1 is 1.26 bits per heavy atom. The van der Waals surface area contributed by atoms with Gasteiger partial charge < -0.3 is 0 Å². The van der Waals surface area contributed by atoms with Gasteiger partial charge in [-0.3, -0.25) is 16.2 Å². The minimum Gasteiger partial charge on any atom is -0.300 e. The zero-order valence-electron chi connectivity index (χ0n) is 12.4. The van der Waals surface area contributed by atoms with E-state index < -0.39 is 0 Å². The average molecular weight is 279 g/mol. The maximum Gasteiger partial charge on any atom is 0.0625 e. The Morgan fingerprint density at radius 3 is 2.58 bits per heavy atom. The van der Waals surface area contributed by atoms with Crippen LogP contribution in [-0.2, 0) is 0 Å². The lowest BCUT2D eigenvalue weighted by Crippen LogP contribution is -2.49. The number of benzene rings is 1. The lowest BCUT2D eigenvalue weighted by molar-refractivity contribution is 0.216. The number of rotatable bonds is 3. The van der Waals surface area contributed by atoms with Crippen LogP contribution in [0.4, 0.5) is 0 Å². The zero-order chi connectivity index (χ0) is 14.0. The maximum absolute atomic E-state index is 5.87. The molecular formula is C15H25N3S. The number of hydrazine groups is 1. The van der Waals surface area contributed by atoms with Gasteiger partial charge >= 0.3 is 0 Å². The summed E-state index contributed by atoms with van der Waals surface area (Å²) < 4.78 is 0. The van der Waals surface area contributed by atoms with Crippen LogP contribution in [-0.4, -0.2) is 36.0 Å². The highest BCUT2D eigenvalue weighted by Crippen LogP contribution is 2.29. The van der Waals surface area contributed by atoms with E-state index in [0.717, 1.165) is 12.3 Å². The highest BCUT2D eigenvalue weighted by molar-refractivity contribution is 7.99. The third kappa shape index (κ3) is 3.14. The summed E-state index contributed by atoms with van der Waals surface area (Å²) in [4.78, 5) is 2.43. The molecule has 2 unspecified atom stereocenters. The fourth-order valence-electron chi connectivity index (χ4n) is 2.78. The highest BCUT2D eigenvalue weighted by atomic mass is 32.2. The molecule has 2 rings (SSSR count). The van der Waals surface area contributed by atoms with Crippen LogP contribution in [0.25, 0.3) is 0 Å². The molecule has 1 fully saturated rings. The number of thioether (sulfide) groups is 1. The van der Waals surface area contributed by atoms with Gasteiger partial charge in [0.25, 0.3) is 0 Å². The van der Waals surface area contributed by atoms with Gasteiger partial charge in [0, 0.05) is 24.1 Å². The molecule has 1 aliphatic heterocycles. The van der Waals surface area contributed by atoms with Crippen molar-refractivity contribution < 1.29 is 0 Å². The van der Waals surface area contributed by atoms with E-state index in [1.807, 2.05) is 11.8 Å². The van der Waals surface area contributed by atoms with Gasteiger partial charge in [0.05, 0.1) is 6.04 Å². The predicted molar refractivity (Wildman–Crippen MR) is 84.5 cm³/mol. The van der Waals surface area contributed by atoms with Crippen molar-refractivity contribution in [3.8, 4) is 0 Å². The van der Waals surface area contributed by atoms with Crippen LogP contribution in [0, 0.1) is 20.8 Å². The Morgan fingerprint density at radius 2 is 1.95 bits per heavy atom. The Balaban J connectivity index is 2.33. The van der Waals surface area contributed by atoms with Crippen LogP contribution in [0.5, 0.6) is 0 Å². The molecule has 4 heteroatoms. The molecule has 19 heavy (non-hydrogen) atoms. The van der Waals surface area contributed by atoms with Crippen molar-refractivity contribution in [1.29, 1.82) is 0 Å². The number of hydrogen-bond donors (Lipinski definition) is 2. The van der Waals surface area contributed by atoms with Gasteiger partial charge in [-0.25, -0.2) is 0 Å². The third-order valence-corrected chi connectivity index (χ3v) is 5.27. The molecule has 0 aliphatic carbocycles. The van der Waals surface area contributed by atoms with Crippen molar-refractivity contribution in [3.05, 3.63) is 34.4 Å². The SMILES string of the molecule is Cc1cc(C)c(C(NN)C2CSCCN2C)cc1C. The summed E-state index contributed by atoms with van der Waals surface area (Å²) >= 11 is 2.02. The van der Waals surface area contributed by atoms with E-state index >= 15 is 0 Å². The molecule has 0 spiro atoms. The molecular weight excluding hydrogens is 254 g/mol. The Bertz CT molecular complexity index is 447. The number of hydrogen-bond acceptors (Lipinski definition) is 4. The Kier molecular flexibility index (Phi) is 4.90. The Hall–Kier alpha value is -0.550. The molecule has 0 amide bonds. The molecule has 3 nitrogen and oxygen atoms in total. The van der Waals surface area contributed by atoms with Gasteiger partial charge in [-0.2, -0.15) is 11.8 Å². The topological polar surface area (TPSA) is 41.3 Å². The van der Waals surface area contributed by atoms with Crippen molar-refractivity contribution in [1.82, 2.24) is 10.3 Å². The molecule has 1 aromatic carbocycles. The van der Waals surface area contributed by atoms with Gasteiger partial charge in [0.1, 0.15) is 0 Å². The average Bonchev–Trinajstić information content (AvgIpc) is 2.38. The minimum absolute atomic E-state index is 0.206. The van der Waals surface area contributed by atoms with Gasteiger partial charge in [0.2, 0.25) is 0 Å². The third-order valence-electron chi connectivity index (χ3n) is 4.22. The molecule has 1 saturated heterocycles. The van der Waals surface area contributed by atoms with E-state index in [-0.39, 0.29) is 6.04 Å². The summed E-state index contributed by atoms with van der Waals surface area (Å²) in [6.45, 7) is 7.66. The molecule has 2 atom stereocenters. The summed E-state index contributed by atoms with van der Waals surface area (Å²) in [5.41, 5.74) is 8.41. The smallest absolute Gasteiger partial charge is 0.0625 e. The van der Waals surface area contributed by atoms with Gasteiger partial charge in [0.15, 0.2) is 0 Å². The summed E-state index contributed by atoms with van der Waals surface area (Å²) in [6.07, 6.45) is 0. The van der Waals surface area contributed by atoms with E-state index in [2.05, 4.69) is 50.3 Å². The first-order chi connectivity index (χ1) is 9.04. The lowest BCUT2D eigenvalue weighted by Gasteiger charge is -2.38. The highest BCUT2D eigenvalue weighted by Gasteiger charge is 2.29. The molecule has 1 aromatic rings. The summed E-state index contributed by atoms with van der Waals surface area (Å²) in [6, 6.07) is 5.23. The van der Waals surface area contributed by atoms with Crippen molar-refractivity contribution in [2.75, 3.05) is 25.1 Å². The Labute approximate surface area is 120 Å². The van der Waals surface area contributed by atoms with Gasteiger partial charge in [-0.15, -0.1) is 0 Å². The predicted octanol–water partition coefficient (Wildman–Crippen LogP) is 2.16. The van der Waals surface area contributed by atoms with Crippen LogP contribution in [0.3, 0.4) is 0 Å². The standard InChI is InChI=1S/C15H25N3S/c1-10-7-12(3)13(8-11(10)2)15(17-16)14-9-19-6-5-18(14)4/h7-8,14-15,17H,5-6,9,16H2,1-4H3. The van der Waals surface area contributed by atoms with Gasteiger partial charge in [-0.05, 0) is 50.1 Å². The summed E-state index contributed by atoms with van der Waals surface area (Å²) in [5.74, 6) is 8.22. The van der Waals surface area contributed by atoms with Crippen LogP contribution >= 0.6 is 11.8 Å². The molecule has 106 valence electrons. The maximum atomic E-state index is 5.87. The summed E-state index contributed by atoms with van der Waals surface area (Å²) in [5, 5.41) is 0. The molecule has 0 radical (unpaired) electrons. The van der Waals surface area contributed by atoms with E-state index in [4.69, 9.17) is 5.84 Å². The van der Waals surface area contributed by atoms with Crippen molar-refractivity contribution >= 4 is 11.8 Å².